The number of amides is 1. The number of hydrogen-bond donors (Lipinski definition) is 1. The molecule has 0 spiro atoms. The van der Waals surface area contributed by atoms with Crippen molar-refractivity contribution in [1.29, 1.82) is 0 Å². The monoisotopic (exact) mass is 357 g/mol. The fraction of sp³-hybridized carbons (Fsp3) is 0.300. The van der Waals surface area contributed by atoms with Gasteiger partial charge in [-0.2, -0.15) is 0 Å². The van der Waals surface area contributed by atoms with Crippen LogP contribution < -0.4 is 5.32 Å². The van der Waals surface area contributed by atoms with Crippen molar-refractivity contribution in [3.05, 3.63) is 28.0 Å². The van der Waals surface area contributed by atoms with Crippen LogP contribution in [-0.2, 0) is 9.05 Å². The fourth-order valence-corrected chi connectivity index (χ4v) is 3.31. The summed E-state index contributed by atoms with van der Waals surface area (Å²) in [6.45, 7) is 3.46. The summed E-state index contributed by atoms with van der Waals surface area (Å²) in [5.74, 6) is -1.44. The van der Waals surface area contributed by atoms with Gasteiger partial charge in [0.2, 0.25) is 0 Å². The highest BCUT2D eigenvalue weighted by Gasteiger charge is 2.21. The zero-order chi connectivity index (χ0) is 14.1. The lowest BCUT2D eigenvalue weighted by Crippen LogP contribution is -2.30. The van der Waals surface area contributed by atoms with Crippen LogP contribution in [0.1, 0.15) is 24.2 Å². The van der Waals surface area contributed by atoms with Gasteiger partial charge in [0.15, 0.2) is 0 Å². The summed E-state index contributed by atoms with van der Waals surface area (Å²) in [6, 6.07) is 1.81. The van der Waals surface area contributed by atoms with Gasteiger partial charge in [-0.25, -0.2) is 12.8 Å². The van der Waals surface area contributed by atoms with Crippen molar-refractivity contribution in [2.75, 3.05) is 0 Å². The lowest BCUT2D eigenvalue weighted by atomic mass is 10.2. The van der Waals surface area contributed by atoms with Gasteiger partial charge in [-0.1, -0.05) is 0 Å². The summed E-state index contributed by atoms with van der Waals surface area (Å²) < 4.78 is 35.7. The molecule has 0 bridgehead atoms. The molecule has 0 heterocycles. The van der Waals surface area contributed by atoms with Gasteiger partial charge in [0, 0.05) is 22.3 Å². The number of halogens is 3. The standard InChI is InChI=1S/C10H10BrClFNO3S/c1-5(2)14-10(15)6-3-7(13)9(11)8(4-6)18(12,16)17/h3-5H,1-2H3,(H,14,15). The third-order valence-corrected chi connectivity index (χ3v) is 4.35. The van der Waals surface area contributed by atoms with Gasteiger partial charge in [-0.15, -0.1) is 0 Å². The maximum atomic E-state index is 13.5. The average molecular weight is 359 g/mol. The van der Waals surface area contributed by atoms with E-state index in [1.807, 2.05) is 0 Å². The van der Waals surface area contributed by atoms with E-state index in [0.717, 1.165) is 12.1 Å². The lowest BCUT2D eigenvalue weighted by Gasteiger charge is -2.10. The molecule has 0 atom stereocenters. The number of benzene rings is 1. The minimum atomic E-state index is -4.14. The van der Waals surface area contributed by atoms with Crippen molar-refractivity contribution in [3.63, 3.8) is 0 Å². The van der Waals surface area contributed by atoms with E-state index in [9.17, 15) is 17.6 Å². The second-order valence-electron chi connectivity index (χ2n) is 3.84. The molecule has 0 aliphatic heterocycles. The van der Waals surface area contributed by atoms with E-state index in [1.54, 1.807) is 13.8 Å². The number of rotatable bonds is 3. The van der Waals surface area contributed by atoms with E-state index in [-0.39, 0.29) is 16.1 Å². The number of hydrogen-bond acceptors (Lipinski definition) is 3. The highest BCUT2D eigenvalue weighted by atomic mass is 79.9. The van der Waals surface area contributed by atoms with E-state index in [0.29, 0.717) is 0 Å². The quantitative estimate of drug-likeness (QED) is 0.845. The Morgan fingerprint density at radius 3 is 2.44 bits per heavy atom. The Bertz CT molecular complexity index is 589. The normalized spacial score (nSPS) is 11.7. The highest BCUT2D eigenvalue weighted by Crippen LogP contribution is 2.29. The van der Waals surface area contributed by atoms with Crippen LogP contribution in [0.2, 0.25) is 0 Å². The van der Waals surface area contributed by atoms with Gasteiger partial charge in [0.1, 0.15) is 10.7 Å². The van der Waals surface area contributed by atoms with Crippen molar-refractivity contribution in [1.82, 2.24) is 5.32 Å². The second kappa shape index (κ2) is 5.54. The maximum absolute atomic E-state index is 13.5. The predicted octanol–water partition coefficient (Wildman–Crippen LogP) is 2.65. The minimum absolute atomic E-state index is 0.108. The largest absolute Gasteiger partial charge is 0.350 e. The molecule has 0 radical (unpaired) electrons. The molecule has 0 fully saturated rings. The molecule has 1 rings (SSSR count). The smallest absolute Gasteiger partial charge is 0.262 e. The Hall–Kier alpha value is -0.660. The van der Waals surface area contributed by atoms with E-state index >= 15 is 0 Å². The van der Waals surface area contributed by atoms with Gasteiger partial charge < -0.3 is 5.32 Å². The molecule has 18 heavy (non-hydrogen) atoms. The van der Waals surface area contributed by atoms with Crippen LogP contribution in [0.15, 0.2) is 21.5 Å². The van der Waals surface area contributed by atoms with Gasteiger partial charge in [0.25, 0.3) is 15.0 Å². The SMILES string of the molecule is CC(C)NC(=O)c1cc(F)c(Br)c(S(=O)(=O)Cl)c1. The van der Waals surface area contributed by atoms with Gasteiger partial charge >= 0.3 is 0 Å². The first-order valence-electron chi connectivity index (χ1n) is 4.87. The van der Waals surface area contributed by atoms with Crippen molar-refractivity contribution >= 4 is 41.6 Å². The van der Waals surface area contributed by atoms with Crippen LogP contribution in [0.5, 0.6) is 0 Å². The molecule has 0 saturated carbocycles. The van der Waals surface area contributed by atoms with E-state index in [2.05, 4.69) is 21.2 Å². The third kappa shape index (κ3) is 3.66. The summed E-state index contributed by atoms with van der Waals surface area (Å²) in [5, 5.41) is 2.53. The van der Waals surface area contributed by atoms with E-state index in [4.69, 9.17) is 10.7 Å². The van der Waals surface area contributed by atoms with E-state index < -0.39 is 25.7 Å². The molecule has 1 aromatic carbocycles. The number of carbonyl (C=O) groups is 1. The van der Waals surface area contributed by atoms with Crippen LogP contribution in [0.4, 0.5) is 4.39 Å². The molecule has 0 aliphatic rings. The van der Waals surface area contributed by atoms with Crippen molar-refractivity contribution in [3.8, 4) is 0 Å². The van der Waals surface area contributed by atoms with Crippen LogP contribution in [0.3, 0.4) is 0 Å². The number of carbonyl (C=O) groups excluding carboxylic acids is 1. The molecular weight excluding hydrogens is 349 g/mol. The van der Waals surface area contributed by atoms with Gasteiger partial charge in [-0.3, -0.25) is 4.79 Å². The number of nitrogens with one attached hydrogen (secondary N) is 1. The first-order chi connectivity index (χ1) is 8.12. The molecule has 1 N–H and O–H groups in total. The topological polar surface area (TPSA) is 63.2 Å². The van der Waals surface area contributed by atoms with E-state index in [1.165, 1.54) is 0 Å². The zero-order valence-corrected chi connectivity index (χ0v) is 12.7. The zero-order valence-electron chi connectivity index (χ0n) is 9.50. The molecule has 4 nitrogen and oxygen atoms in total. The van der Waals surface area contributed by atoms with Crippen molar-refractivity contribution in [2.45, 2.75) is 24.8 Å². The third-order valence-electron chi connectivity index (χ3n) is 1.94. The molecule has 100 valence electrons. The Morgan fingerprint density at radius 1 is 1.44 bits per heavy atom. The Balaban J connectivity index is 3.34. The molecule has 1 amide bonds. The molecule has 0 aliphatic carbocycles. The fourth-order valence-electron chi connectivity index (χ4n) is 1.22. The Labute approximate surface area is 117 Å². The summed E-state index contributed by atoms with van der Waals surface area (Å²) in [4.78, 5) is 11.2. The predicted molar refractivity (Wildman–Crippen MR) is 69.7 cm³/mol. The highest BCUT2D eigenvalue weighted by molar-refractivity contribution is 9.10. The molecule has 0 saturated heterocycles. The van der Waals surface area contributed by atoms with Crippen LogP contribution in [-0.4, -0.2) is 20.4 Å². The Morgan fingerprint density at radius 2 is 2.00 bits per heavy atom. The Kier molecular flexibility index (Phi) is 4.74. The summed E-state index contributed by atoms with van der Waals surface area (Å²) in [7, 11) is 1.03. The molecule has 8 heteroatoms. The first-order valence-corrected chi connectivity index (χ1v) is 7.97. The first kappa shape index (κ1) is 15.4. The van der Waals surface area contributed by atoms with Crippen LogP contribution in [0, 0.1) is 5.82 Å². The molecular formula is C10H10BrClFNO3S. The van der Waals surface area contributed by atoms with Crippen molar-refractivity contribution < 1.29 is 17.6 Å². The second-order valence-corrected chi connectivity index (χ2v) is 7.16. The summed E-state index contributed by atoms with van der Waals surface area (Å²) >= 11 is 2.78. The minimum Gasteiger partial charge on any atom is -0.350 e. The van der Waals surface area contributed by atoms with Crippen LogP contribution in [0.25, 0.3) is 0 Å². The molecule has 0 aromatic heterocycles. The molecule has 0 unspecified atom stereocenters. The van der Waals surface area contributed by atoms with Gasteiger partial charge in [0.05, 0.1) is 4.47 Å². The molecule has 1 aromatic rings. The van der Waals surface area contributed by atoms with Gasteiger partial charge in [-0.05, 0) is 41.9 Å². The van der Waals surface area contributed by atoms with Crippen LogP contribution >= 0.6 is 26.6 Å². The van der Waals surface area contributed by atoms with Crippen molar-refractivity contribution in [2.24, 2.45) is 0 Å². The lowest BCUT2D eigenvalue weighted by molar-refractivity contribution is 0.0942. The maximum Gasteiger partial charge on any atom is 0.262 e. The summed E-state index contributed by atoms with van der Waals surface area (Å²) in [6.07, 6.45) is 0. The summed E-state index contributed by atoms with van der Waals surface area (Å²) in [5.41, 5.74) is -0.108. The average Bonchev–Trinajstić information content (AvgIpc) is 2.18.